The Morgan fingerprint density at radius 3 is 2.55 bits per heavy atom. The van der Waals surface area contributed by atoms with Gasteiger partial charge in [-0.1, -0.05) is 18.2 Å². The molecule has 116 valence electrons. The third-order valence-electron chi connectivity index (χ3n) is 4.50. The van der Waals surface area contributed by atoms with Crippen LogP contribution < -0.4 is 10.2 Å². The van der Waals surface area contributed by atoms with Crippen molar-refractivity contribution in [3.05, 3.63) is 59.9 Å². The highest BCUT2D eigenvalue weighted by atomic mass is 35.5. The summed E-state index contributed by atoms with van der Waals surface area (Å²) in [6, 6.07) is 14.5. The van der Waals surface area contributed by atoms with Gasteiger partial charge in [-0.05, 0) is 48.9 Å². The Balaban J connectivity index is 0.00000144. The average Bonchev–Trinajstić information content (AvgIpc) is 2.84. The highest BCUT2D eigenvalue weighted by molar-refractivity contribution is 5.85. The normalized spacial score (nSPS) is 26.1. The Labute approximate surface area is 134 Å². The van der Waals surface area contributed by atoms with Crippen molar-refractivity contribution >= 4 is 23.8 Å². The van der Waals surface area contributed by atoms with Gasteiger partial charge in [-0.15, -0.1) is 12.4 Å². The zero-order chi connectivity index (χ0) is 14.4. The fourth-order valence-corrected chi connectivity index (χ4v) is 3.62. The first-order valence-electron chi connectivity index (χ1n) is 7.27. The number of anilines is 2. The van der Waals surface area contributed by atoms with Crippen molar-refractivity contribution < 1.29 is 8.78 Å². The molecule has 1 fully saturated rings. The maximum Gasteiger partial charge on any atom is 0.160 e. The van der Waals surface area contributed by atoms with Crippen molar-refractivity contribution in [3.63, 3.8) is 0 Å². The number of benzene rings is 2. The van der Waals surface area contributed by atoms with Crippen LogP contribution in [0, 0.1) is 5.82 Å². The van der Waals surface area contributed by atoms with E-state index in [1.807, 2.05) is 24.3 Å². The van der Waals surface area contributed by atoms with Gasteiger partial charge in [0.25, 0.3) is 0 Å². The number of nitrogens with one attached hydrogen (secondary N) is 1. The van der Waals surface area contributed by atoms with Crippen LogP contribution in [0.1, 0.15) is 17.9 Å². The van der Waals surface area contributed by atoms with E-state index in [1.54, 1.807) is 12.1 Å². The molecule has 0 aliphatic carbocycles. The predicted octanol–water partition coefficient (Wildman–Crippen LogP) is 4.14. The van der Waals surface area contributed by atoms with E-state index in [0.29, 0.717) is 6.54 Å². The van der Waals surface area contributed by atoms with E-state index in [4.69, 9.17) is 0 Å². The third kappa shape index (κ3) is 2.27. The molecule has 22 heavy (non-hydrogen) atoms. The van der Waals surface area contributed by atoms with E-state index >= 15 is 0 Å². The van der Waals surface area contributed by atoms with E-state index in [0.717, 1.165) is 23.4 Å². The second-order valence-electron chi connectivity index (χ2n) is 5.64. The summed E-state index contributed by atoms with van der Waals surface area (Å²) in [6.45, 7) is 0.661. The van der Waals surface area contributed by atoms with E-state index < -0.39 is 6.30 Å². The fraction of sp³-hybridized carbons (Fsp3) is 0.294. The Morgan fingerprint density at radius 1 is 1.05 bits per heavy atom. The minimum Gasteiger partial charge on any atom is -0.337 e. The van der Waals surface area contributed by atoms with Crippen LogP contribution in [0.2, 0.25) is 0 Å². The van der Waals surface area contributed by atoms with Crippen LogP contribution in [0.15, 0.2) is 48.5 Å². The number of hydrogen-bond donors (Lipinski definition) is 1. The van der Waals surface area contributed by atoms with Crippen molar-refractivity contribution in [2.45, 2.75) is 24.7 Å². The summed E-state index contributed by atoms with van der Waals surface area (Å²) in [5.74, 6) is -0.420. The van der Waals surface area contributed by atoms with Crippen molar-refractivity contribution in [1.82, 2.24) is 5.32 Å². The van der Waals surface area contributed by atoms with Crippen LogP contribution in [-0.2, 0) is 0 Å². The number of piperidine rings is 1. The largest absolute Gasteiger partial charge is 0.337 e. The maximum absolute atomic E-state index is 14.4. The molecule has 2 aromatic carbocycles. The Morgan fingerprint density at radius 2 is 1.77 bits per heavy atom. The quantitative estimate of drug-likeness (QED) is 0.794. The number of hydrogen-bond acceptors (Lipinski definition) is 2. The molecule has 0 saturated carbocycles. The zero-order valence-corrected chi connectivity index (χ0v) is 12.7. The van der Waals surface area contributed by atoms with Gasteiger partial charge >= 0.3 is 0 Å². The molecular weight excluding hydrogens is 306 g/mol. The first-order valence-corrected chi connectivity index (χ1v) is 7.27. The van der Waals surface area contributed by atoms with Gasteiger partial charge < -0.3 is 4.90 Å². The van der Waals surface area contributed by atoms with Crippen LogP contribution in [-0.4, -0.2) is 18.9 Å². The summed E-state index contributed by atoms with van der Waals surface area (Å²) in [5, 5.41) is 2.92. The maximum atomic E-state index is 14.4. The highest BCUT2D eigenvalue weighted by Gasteiger charge is 2.45. The molecule has 5 heteroatoms. The molecule has 2 nitrogen and oxygen atoms in total. The van der Waals surface area contributed by atoms with Crippen LogP contribution >= 0.6 is 12.4 Å². The lowest BCUT2D eigenvalue weighted by Gasteiger charge is -2.35. The molecule has 4 rings (SSSR count). The van der Waals surface area contributed by atoms with Gasteiger partial charge in [-0.25, -0.2) is 8.78 Å². The lowest BCUT2D eigenvalue weighted by molar-refractivity contribution is 0.180. The van der Waals surface area contributed by atoms with Crippen molar-refractivity contribution in [2.75, 3.05) is 11.4 Å². The first kappa shape index (κ1) is 15.3. The molecule has 2 aliphatic rings. The van der Waals surface area contributed by atoms with Crippen molar-refractivity contribution in [3.8, 4) is 0 Å². The van der Waals surface area contributed by atoms with Gasteiger partial charge in [0.2, 0.25) is 0 Å². The molecule has 0 amide bonds. The van der Waals surface area contributed by atoms with E-state index in [1.165, 1.54) is 12.1 Å². The van der Waals surface area contributed by atoms with Crippen LogP contribution in [0.5, 0.6) is 0 Å². The Kier molecular flexibility index (Phi) is 4.06. The summed E-state index contributed by atoms with van der Waals surface area (Å²) < 4.78 is 27.5. The molecule has 2 aromatic rings. The highest BCUT2D eigenvalue weighted by Crippen LogP contribution is 2.49. The van der Waals surface area contributed by atoms with Gasteiger partial charge in [0.05, 0.1) is 5.92 Å². The summed E-state index contributed by atoms with van der Waals surface area (Å²) >= 11 is 0. The minimum absolute atomic E-state index is 0. The molecule has 2 heterocycles. The number of fused-ring (bicyclic) bond motifs is 3. The molecular formula is C17H17ClF2N2. The second-order valence-corrected chi connectivity index (χ2v) is 5.64. The number of rotatable bonds is 1. The summed E-state index contributed by atoms with van der Waals surface area (Å²) in [7, 11) is 0. The predicted molar refractivity (Wildman–Crippen MR) is 86.3 cm³/mol. The van der Waals surface area contributed by atoms with Crippen LogP contribution in [0.4, 0.5) is 20.2 Å². The van der Waals surface area contributed by atoms with Gasteiger partial charge in [-0.3, -0.25) is 5.32 Å². The smallest absolute Gasteiger partial charge is 0.160 e. The van der Waals surface area contributed by atoms with Crippen LogP contribution in [0.25, 0.3) is 0 Å². The molecule has 0 radical (unpaired) electrons. The molecule has 0 spiro atoms. The number of halogens is 3. The number of nitrogens with zero attached hydrogens (tertiary/aromatic N) is 1. The monoisotopic (exact) mass is 322 g/mol. The molecule has 1 N–H and O–H groups in total. The summed E-state index contributed by atoms with van der Waals surface area (Å²) in [5.41, 5.74) is 2.99. The fourth-order valence-electron chi connectivity index (χ4n) is 3.62. The molecule has 3 atom stereocenters. The molecule has 3 unspecified atom stereocenters. The Hall–Kier alpha value is -1.65. The van der Waals surface area contributed by atoms with Gasteiger partial charge in [0, 0.05) is 17.4 Å². The molecule has 0 aromatic heterocycles. The zero-order valence-electron chi connectivity index (χ0n) is 11.9. The molecule has 2 aliphatic heterocycles. The SMILES string of the molecule is Cl.Fc1ccc(N2c3ccccc3C3C(F)NCCC32)cc1. The first-order chi connectivity index (χ1) is 10.3. The van der Waals surface area contributed by atoms with Crippen molar-refractivity contribution in [2.24, 2.45) is 0 Å². The lowest BCUT2D eigenvalue weighted by atomic mass is 9.89. The molecule has 0 bridgehead atoms. The number of para-hydroxylation sites is 1. The lowest BCUT2D eigenvalue weighted by Crippen LogP contribution is -2.47. The van der Waals surface area contributed by atoms with Gasteiger partial charge in [0.1, 0.15) is 5.82 Å². The van der Waals surface area contributed by atoms with E-state index in [9.17, 15) is 8.78 Å². The van der Waals surface area contributed by atoms with Gasteiger partial charge in [-0.2, -0.15) is 0 Å². The van der Waals surface area contributed by atoms with Crippen LogP contribution in [0.3, 0.4) is 0 Å². The van der Waals surface area contributed by atoms with Gasteiger partial charge in [0.15, 0.2) is 6.30 Å². The molecule has 1 saturated heterocycles. The standard InChI is InChI=1S/C17H16F2N2.ClH/c18-11-5-7-12(8-6-11)21-14-4-2-1-3-13(14)16-15(21)9-10-20-17(16)19;/h1-8,15-17,20H,9-10H2;1H. The third-order valence-corrected chi connectivity index (χ3v) is 4.50. The van der Waals surface area contributed by atoms with E-state index in [-0.39, 0.29) is 30.2 Å². The summed E-state index contributed by atoms with van der Waals surface area (Å²) in [6.07, 6.45) is -0.160. The summed E-state index contributed by atoms with van der Waals surface area (Å²) in [4.78, 5) is 2.16. The minimum atomic E-state index is -1.03. The Bertz CT molecular complexity index is 662. The van der Waals surface area contributed by atoms with E-state index in [2.05, 4.69) is 10.2 Å². The topological polar surface area (TPSA) is 15.3 Å². The average molecular weight is 323 g/mol. The second kappa shape index (κ2) is 5.86. The number of alkyl halides is 1. The van der Waals surface area contributed by atoms with Crippen molar-refractivity contribution in [1.29, 1.82) is 0 Å².